The van der Waals surface area contributed by atoms with Crippen LogP contribution in [0.5, 0.6) is 0 Å². The molecule has 262 valence electrons. The molecular weight excluding hydrogens is 640 g/mol. The van der Waals surface area contributed by atoms with Gasteiger partial charge in [0.15, 0.2) is 5.60 Å². The lowest BCUT2D eigenvalue weighted by atomic mass is 9.82. The predicted molar refractivity (Wildman–Crippen MR) is 187 cm³/mol. The smallest absolute Gasteiger partial charge is 0.264 e. The van der Waals surface area contributed by atoms with Gasteiger partial charge in [0.2, 0.25) is 0 Å². The van der Waals surface area contributed by atoms with Gasteiger partial charge in [0.25, 0.3) is 17.7 Å². The van der Waals surface area contributed by atoms with Crippen molar-refractivity contribution in [3.8, 4) is 0 Å². The normalized spacial score (nSPS) is 18.1. The number of fused-ring (bicyclic) bond motifs is 1. The largest absolute Gasteiger partial charge is 0.395 e. The highest BCUT2D eigenvalue weighted by molar-refractivity contribution is 6.08. The zero-order valence-corrected chi connectivity index (χ0v) is 28.1. The molecule has 4 aromatic rings. The number of aromatic nitrogens is 3. The number of nitrogens with zero attached hydrogens (tertiary/aromatic N) is 4. The topological polar surface area (TPSA) is 190 Å². The molecule has 2 heterocycles. The van der Waals surface area contributed by atoms with Crippen molar-refractivity contribution in [3.05, 3.63) is 114 Å². The van der Waals surface area contributed by atoms with Crippen LogP contribution >= 0.6 is 0 Å². The molecule has 0 aliphatic carbocycles. The van der Waals surface area contributed by atoms with E-state index in [9.17, 15) is 34.8 Å². The Morgan fingerprint density at radius 2 is 1.56 bits per heavy atom. The maximum absolute atomic E-state index is 14.1. The standard InChI is InChI=1S/C37H42N6O7/c1-23(9-7-8-18-42-21-32(40-41-42)30(22-44)27-10-5-4-6-11-27)37(50)31-19-29(39-35(48)25(3)46)16-17-33(31)43(36(37)49)20-26-12-14-28(15-13-26)38-34(47)24(2)45/h4-7,9-17,19,21,23-25,30,44-46,50H,8,18,20,22H2,1-3H3,(H,38,47)(H,39,48)/b9-7+/t23-,24+,25+,30?,37+/m1/s1. The molecular formula is C37H42N6O7. The fraction of sp³-hybridized carbons (Fsp3) is 0.324. The molecule has 1 aliphatic rings. The van der Waals surface area contributed by atoms with Gasteiger partial charge in [0, 0.05) is 35.6 Å². The zero-order valence-electron chi connectivity index (χ0n) is 28.1. The van der Waals surface area contributed by atoms with Crippen molar-refractivity contribution in [2.24, 2.45) is 5.92 Å². The first kappa shape index (κ1) is 36.1. The molecule has 0 saturated heterocycles. The second kappa shape index (κ2) is 15.6. The summed E-state index contributed by atoms with van der Waals surface area (Å²) in [6.07, 6.45) is 3.51. The van der Waals surface area contributed by atoms with Crippen LogP contribution in [0.3, 0.4) is 0 Å². The van der Waals surface area contributed by atoms with E-state index in [-0.39, 0.29) is 19.1 Å². The van der Waals surface area contributed by atoms with Crippen LogP contribution in [0.25, 0.3) is 0 Å². The number of rotatable bonds is 14. The Morgan fingerprint density at radius 3 is 2.20 bits per heavy atom. The Labute approximate surface area is 289 Å². The SMILES string of the molecule is C[C@H](O)C(=O)Nc1ccc(CN2C(=O)[C@](O)([C@H](C)/C=C/CCn3cc(C(CO)c4ccccc4)nn3)c3cc(NC(=O)[C@H](C)O)ccc32)cc1. The predicted octanol–water partition coefficient (Wildman–Crippen LogP) is 3.06. The number of hydrogen-bond acceptors (Lipinski definition) is 9. The van der Waals surface area contributed by atoms with Crippen molar-refractivity contribution in [3.63, 3.8) is 0 Å². The Morgan fingerprint density at radius 1 is 0.920 bits per heavy atom. The number of anilines is 3. The lowest BCUT2D eigenvalue weighted by molar-refractivity contribution is -0.139. The summed E-state index contributed by atoms with van der Waals surface area (Å²) < 4.78 is 1.68. The molecule has 0 saturated carbocycles. The van der Waals surface area contributed by atoms with Gasteiger partial charge in [-0.2, -0.15) is 0 Å². The van der Waals surface area contributed by atoms with Gasteiger partial charge in [-0.25, -0.2) is 0 Å². The minimum atomic E-state index is -1.98. The molecule has 0 spiro atoms. The van der Waals surface area contributed by atoms with E-state index >= 15 is 0 Å². The van der Waals surface area contributed by atoms with Gasteiger partial charge in [0.05, 0.1) is 30.5 Å². The van der Waals surface area contributed by atoms with Gasteiger partial charge in [-0.15, -0.1) is 5.10 Å². The van der Waals surface area contributed by atoms with Crippen LogP contribution in [-0.2, 0) is 33.1 Å². The first-order chi connectivity index (χ1) is 23.9. The van der Waals surface area contributed by atoms with Gasteiger partial charge in [-0.1, -0.05) is 66.8 Å². The van der Waals surface area contributed by atoms with Crippen molar-refractivity contribution in [2.45, 2.75) is 64.0 Å². The monoisotopic (exact) mass is 682 g/mol. The molecule has 1 unspecified atom stereocenters. The van der Waals surface area contributed by atoms with Crippen molar-refractivity contribution in [1.29, 1.82) is 0 Å². The van der Waals surface area contributed by atoms with Gasteiger partial charge in [-0.05, 0) is 61.7 Å². The Kier molecular flexibility index (Phi) is 11.2. The summed E-state index contributed by atoms with van der Waals surface area (Å²) in [5.41, 5.74) is 1.90. The third-order valence-corrected chi connectivity index (χ3v) is 8.76. The van der Waals surface area contributed by atoms with E-state index in [0.717, 1.165) is 11.1 Å². The van der Waals surface area contributed by atoms with E-state index < -0.39 is 41.4 Å². The third kappa shape index (κ3) is 7.81. The average molecular weight is 683 g/mol. The number of nitrogens with one attached hydrogen (secondary N) is 2. The zero-order chi connectivity index (χ0) is 36.0. The summed E-state index contributed by atoms with van der Waals surface area (Å²) in [5.74, 6) is -2.71. The molecule has 13 heteroatoms. The summed E-state index contributed by atoms with van der Waals surface area (Å²) >= 11 is 0. The molecule has 0 bridgehead atoms. The van der Waals surface area contributed by atoms with Crippen molar-refractivity contribution in [2.75, 3.05) is 22.1 Å². The van der Waals surface area contributed by atoms with Gasteiger partial charge in [0.1, 0.15) is 12.2 Å². The van der Waals surface area contributed by atoms with Crippen molar-refractivity contribution >= 4 is 34.8 Å². The van der Waals surface area contributed by atoms with Crippen LogP contribution in [0, 0.1) is 5.92 Å². The van der Waals surface area contributed by atoms with Crippen molar-refractivity contribution in [1.82, 2.24) is 15.0 Å². The number of aliphatic hydroxyl groups excluding tert-OH is 3. The number of aryl methyl sites for hydroxylation is 1. The lowest BCUT2D eigenvalue weighted by Gasteiger charge is -2.28. The number of amides is 3. The number of benzene rings is 3. The quantitative estimate of drug-likeness (QED) is 0.109. The number of carbonyl (C=O) groups excluding carboxylic acids is 3. The number of carbonyl (C=O) groups is 3. The summed E-state index contributed by atoms with van der Waals surface area (Å²) in [7, 11) is 0. The highest BCUT2D eigenvalue weighted by Crippen LogP contribution is 2.47. The van der Waals surface area contributed by atoms with Crippen LogP contribution in [0.4, 0.5) is 17.1 Å². The summed E-state index contributed by atoms with van der Waals surface area (Å²) in [4.78, 5) is 39.7. The first-order valence-corrected chi connectivity index (χ1v) is 16.4. The number of allylic oxidation sites excluding steroid dienone is 1. The second-order valence-corrected chi connectivity index (χ2v) is 12.5. The summed E-state index contributed by atoms with van der Waals surface area (Å²) in [5, 5.41) is 55.1. The van der Waals surface area contributed by atoms with E-state index in [1.165, 1.54) is 18.7 Å². The Hall–Kier alpha value is -5.21. The molecule has 5 rings (SSSR count). The van der Waals surface area contributed by atoms with E-state index in [2.05, 4.69) is 20.9 Å². The van der Waals surface area contributed by atoms with E-state index in [1.54, 1.807) is 66.3 Å². The number of hydrogen-bond donors (Lipinski definition) is 6. The van der Waals surface area contributed by atoms with E-state index in [1.807, 2.05) is 36.4 Å². The molecule has 0 fully saturated rings. The summed E-state index contributed by atoms with van der Waals surface area (Å²) in [6, 6.07) is 21.2. The molecule has 1 aromatic heterocycles. The van der Waals surface area contributed by atoms with Gasteiger partial charge in [-0.3, -0.25) is 19.1 Å². The van der Waals surface area contributed by atoms with E-state index in [4.69, 9.17) is 0 Å². The average Bonchev–Trinajstić information content (AvgIpc) is 3.65. The van der Waals surface area contributed by atoms with Crippen LogP contribution in [-0.4, -0.2) is 72.0 Å². The molecule has 0 radical (unpaired) electrons. The highest BCUT2D eigenvalue weighted by Gasteiger charge is 2.52. The van der Waals surface area contributed by atoms with Crippen molar-refractivity contribution < 1.29 is 34.8 Å². The Bertz CT molecular complexity index is 1840. The molecule has 6 N–H and O–H groups in total. The lowest BCUT2D eigenvalue weighted by Crippen LogP contribution is -2.44. The Balaban J connectivity index is 1.34. The molecule has 50 heavy (non-hydrogen) atoms. The molecule has 3 aromatic carbocycles. The van der Waals surface area contributed by atoms with Crippen LogP contribution in [0.15, 0.2) is 91.1 Å². The van der Waals surface area contributed by atoms with Crippen LogP contribution in [0.1, 0.15) is 55.5 Å². The summed E-state index contributed by atoms with van der Waals surface area (Å²) in [6.45, 7) is 4.92. The molecule has 13 nitrogen and oxygen atoms in total. The fourth-order valence-electron chi connectivity index (χ4n) is 5.84. The van der Waals surface area contributed by atoms with Gasteiger partial charge < -0.3 is 36.0 Å². The minimum Gasteiger partial charge on any atom is -0.395 e. The van der Waals surface area contributed by atoms with Crippen LogP contribution < -0.4 is 15.5 Å². The van der Waals surface area contributed by atoms with E-state index in [0.29, 0.717) is 41.3 Å². The molecule has 3 amide bonds. The fourth-order valence-corrected chi connectivity index (χ4v) is 5.84. The number of aliphatic hydroxyl groups is 4. The van der Waals surface area contributed by atoms with Gasteiger partial charge >= 0.3 is 0 Å². The molecule has 5 atom stereocenters. The highest BCUT2D eigenvalue weighted by atomic mass is 16.3. The molecule has 1 aliphatic heterocycles. The van der Waals surface area contributed by atoms with Crippen LogP contribution in [0.2, 0.25) is 0 Å². The second-order valence-electron chi connectivity index (χ2n) is 12.5. The first-order valence-electron chi connectivity index (χ1n) is 16.4. The minimum absolute atomic E-state index is 0.108. The maximum atomic E-state index is 14.1. The maximum Gasteiger partial charge on any atom is 0.264 e. The third-order valence-electron chi connectivity index (χ3n) is 8.76.